The molecule has 16 heavy (non-hydrogen) atoms. The van der Waals surface area contributed by atoms with Crippen molar-refractivity contribution in [2.24, 2.45) is 0 Å². The highest BCUT2D eigenvalue weighted by Crippen LogP contribution is 2.23. The molecular formula is C15H11O. The van der Waals surface area contributed by atoms with Crippen molar-refractivity contribution in [3.8, 4) is 0 Å². The third-order valence-electron chi connectivity index (χ3n) is 2.94. The van der Waals surface area contributed by atoms with E-state index in [4.69, 9.17) is 0 Å². The second-order valence-electron chi connectivity index (χ2n) is 4.03. The Morgan fingerprint density at radius 1 is 0.688 bits per heavy atom. The Bertz CT molecular complexity index is 656. The Kier molecular flexibility index (Phi) is 2.12. The van der Waals surface area contributed by atoms with Gasteiger partial charge in [-0.1, -0.05) is 36.4 Å². The lowest BCUT2D eigenvalue weighted by Gasteiger charge is -2.03. The monoisotopic (exact) mass is 207 g/mol. The molecular weight excluding hydrogens is 196 g/mol. The molecule has 1 radical (unpaired) electrons. The van der Waals surface area contributed by atoms with Crippen LogP contribution in [0.15, 0.2) is 54.6 Å². The summed E-state index contributed by atoms with van der Waals surface area (Å²) in [6.45, 7) is -0.150. The van der Waals surface area contributed by atoms with Crippen molar-refractivity contribution < 1.29 is 5.11 Å². The minimum absolute atomic E-state index is 0.150. The molecule has 3 rings (SSSR count). The number of hydrogen-bond acceptors (Lipinski definition) is 0. The molecule has 1 heteroatoms. The molecule has 0 saturated heterocycles. The van der Waals surface area contributed by atoms with E-state index in [1.54, 1.807) is 0 Å². The van der Waals surface area contributed by atoms with E-state index >= 15 is 0 Å². The summed E-state index contributed by atoms with van der Waals surface area (Å²) >= 11 is 0. The summed E-state index contributed by atoms with van der Waals surface area (Å²) in [4.78, 5) is 0. The molecule has 77 valence electrons. The summed E-state index contributed by atoms with van der Waals surface area (Å²) in [5.74, 6) is 0. The molecule has 0 aliphatic rings. The van der Waals surface area contributed by atoms with Gasteiger partial charge in [0.2, 0.25) is 0 Å². The lowest BCUT2D eigenvalue weighted by atomic mass is 10.0. The van der Waals surface area contributed by atoms with E-state index in [1.165, 1.54) is 16.2 Å². The zero-order valence-electron chi connectivity index (χ0n) is 8.81. The number of benzene rings is 3. The molecule has 0 atom stereocenters. The van der Waals surface area contributed by atoms with Crippen molar-refractivity contribution in [3.05, 3.63) is 60.2 Å². The molecule has 3 aromatic rings. The average Bonchev–Trinajstić information content (AvgIpc) is 2.35. The molecule has 0 N–H and O–H groups in total. The zero-order valence-corrected chi connectivity index (χ0v) is 8.81. The standard InChI is InChI=1S/C15H11O/c16-10-11-5-6-14-8-12-3-1-2-4-13(12)9-15(14)7-11/h1-9H,10H2. The average molecular weight is 207 g/mol. The van der Waals surface area contributed by atoms with Gasteiger partial charge in [0.15, 0.2) is 0 Å². The van der Waals surface area contributed by atoms with Crippen LogP contribution in [0, 0.1) is 0 Å². The first-order valence-electron chi connectivity index (χ1n) is 5.36. The molecule has 0 amide bonds. The lowest BCUT2D eigenvalue weighted by molar-refractivity contribution is 0.177. The van der Waals surface area contributed by atoms with Gasteiger partial charge < -0.3 is 0 Å². The molecule has 0 aliphatic heterocycles. The second kappa shape index (κ2) is 3.62. The predicted octanol–water partition coefficient (Wildman–Crippen LogP) is 3.92. The quantitative estimate of drug-likeness (QED) is 0.539. The van der Waals surface area contributed by atoms with Gasteiger partial charge in [-0.2, -0.15) is 0 Å². The number of hydrogen-bond donors (Lipinski definition) is 0. The zero-order chi connectivity index (χ0) is 11.0. The molecule has 0 fully saturated rings. The van der Waals surface area contributed by atoms with Crippen molar-refractivity contribution in [1.82, 2.24) is 0 Å². The predicted molar refractivity (Wildman–Crippen MR) is 65.8 cm³/mol. The summed E-state index contributed by atoms with van der Waals surface area (Å²) in [6, 6.07) is 18.5. The van der Waals surface area contributed by atoms with Crippen LogP contribution in [0.25, 0.3) is 21.5 Å². The first-order chi connectivity index (χ1) is 7.86. The largest absolute Gasteiger partial charge is 0.232 e. The van der Waals surface area contributed by atoms with E-state index in [9.17, 15) is 5.11 Å². The summed E-state index contributed by atoms with van der Waals surface area (Å²) in [5.41, 5.74) is 0.850. The highest BCUT2D eigenvalue weighted by Gasteiger charge is 1.99. The maximum absolute atomic E-state index is 10.8. The molecule has 3 aromatic carbocycles. The third kappa shape index (κ3) is 1.46. The Morgan fingerprint density at radius 2 is 1.31 bits per heavy atom. The van der Waals surface area contributed by atoms with E-state index in [-0.39, 0.29) is 6.61 Å². The first kappa shape index (κ1) is 9.37. The van der Waals surface area contributed by atoms with E-state index in [1.807, 2.05) is 30.3 Å². The van der Waals surface area contributed by atoms with Gasteiger partial charge in [-0.05, 0) is 45.3 Å². The van der Waals surface area contributed by atoms with Gasteiger partial charge in [-0.3, -0.25) is 0 Å². The van der Waals surface area contributed by atoms with Gasteiger partial charge in [0.05, 0.1) is 0 Å². The molecule has 0 spiro atoms. The fourth-order valence-electron chi connectivity index (χ4n) is 2.08. The normalized spacial score (nSPS) is 11.1. The Morgan fingerprint density at radius 3 is 2.00 bits per heavy atom. The van der Waals surface area contributed by atoms with E-state index in [2.05, 4.69) is 24.3 Å². The van der Waals surface area contributed by atoms with Gasteiger partial charge in [0, 0.05) is 0 Å². The molecule has 0 aromatic heterocycles. The van der Waals surface area contributed by atoms with Crippen molar-refractivity contribution in [1.29, 1.82) is 0 Å². The van der Waals surface area contributed by atoms with Crippen LogP contribution in [-0.2, 0) is 11.7 Å². The van der Waals surface area contributed by atoms with Gasteiger partial charge in [0.25, 0.3) is 0 Å². The topological polar surface area (TPSA) is 19.9 Å². The van der Waals surface area contributed by atoms with Crippen LogP contribution in [-0.4, -0.2) is 0 Å². The van der Waals surface area contributed by atoms with Crippen molar-refractivity contribution in [2.75, 3.05) is 0 Å². The van der Waals surface area contributed by atoms with Crippen LogP contribution in [0.5, 0.6) is 0 Å². The van der Waals surface area contributed by atoms with Crippen LogP contribution in [0.4, 0.5) is 0 Å². The van der Waals surface area contributed by atoms with Crippen LogP contribution < -0.4 is 0 Å². The van der Waals surface area contributed by atoms with E-state index in [0.29, 0.717) is 0 Å². The second-order valence-corrected chi connectivity index (χ2v) is 4.03. The molecule has 0 saturated carbocycles. The molecule has 0 bridgehead atoms. The summed E-state index contributed by atoms with van der Waals surface area (Å²) < 4.78 is 0. The highest BCUT2D eigenvalue weighted by atomic mass is 16.3. The van der Waals surface area contributed by atoms with Crippen LogP contribution in [0.2, 0.25) is 0 Å². The van der Waals surface area contributed by atoms with Gasteiger partial charge in [-0.25, -0.2) is 5.11 Å². The molecule has 0 heterocycles. The SMILES string of the molecule is [O]Cc1ccc2cc3ccccc3cc2c1. The number of rotatable bonds is 1. The fraction of sp³-hybridized carbons (Fsp3) is 0.0667. The van der Waals surface area contributed by atoms with Crippen molar-refractivity contribution in [2.45, 2.75) is 6.61 Å². The van der Waals surface area contributed by atoms with Crippen molar-refractivity contribution >= 4 is 21.5 Å². The van der Waals surface area contributed by atoms with E-state index < -0.39 is 0 Å². The molecule has 0 aliphatic carbocycles. The Labute approximate surface area is 94.0 Å². The van der Waals surface area contributed by atoms with Gasteiger partial charge in [-0.15, -0.1) is 0 Å². The summed E-state index contributed by atoms with van der Waals surface area (Å²) in [6.07, 6.45) is 0. The smallest absolute Gasteiger partial charge is 0.107 e. The molecule has 0 unspecified atom stereocenters. The minimum atomic E-state index is -0.150. The maximum Gasteiger partial charge on any atom is 0.107 e. The first-order valence-corrected chi connectivity index (χ1v) is 5.36. The van der Waals surface area contributed by atoms with Crippen LogP contribution in [0.1, 0.15) is 5.56 Å². The summed E-state index contributed by atoms with van der Waals surface area (Å²) in [5, 5.41) is 15.6. The van der Waals surface area contributed by atoms with Crippen molar-refractivity contribution in [3.63, 3.8) is 0 Å². The van der Waals surface area contributed by atoms with E-state index in [0.717, 1.165) is 10.9 Å². The van der Waals surface area contributed by atoms with Gasteiger partial charge >= 0.3 is 0 Å². The Hall–Kier alpha value is -1.86. The Balaban J connectivity index is 2.37. The number of fused-ring (bicyclic) bond motifs is 2. The minimum Gasteiger partial charge on any atom is -0.232 e. The lowest BCUT2D eigenvalue weighted by Crippen LogP contribution is -1.82. The van der Waals surface area contributed by atoms with Crippen LogP contribution in [0.3, 0.4) is 0 Å². The third-order valence-corrected chi connectivity index (χ3v) is 2.94. The summed E-state index contributed by atoms with van der Waals surface area (Å²) in [7, 11) is 0. The van der Waals surface area contributed by atoms with Gasteiger partial charge in [0.1, 0.15) is 6.61 Å². The van der Waals surface area contributed by atoms with Crippen LogP contribution >= 0.6 is 0 Å². The molecule has 1 nitrogen and oxygen atoms in total. The fourth-order valence-corrected chi connectivity index (χ4v) is 2.08. The maximum atomic E-state index is 10.8. The highest BCUT2D eigenvalue weighted by molar-refractivity contribution is 5.98.